The summed E-state index contributed by atoms with van der Waals surface area (Å²) >= 11 is 5.97. The summed E-state index contributed by atoms with van der Waals surface area (Å²) in [5.74, 6) is -0.118. The van der Waals surface area contributed by atoms with Crippen molar-refractivity contribution in [3.05, 3.63) is 0 Å². The molecule has 0 aromatic carbocycles. The van der Waals surface area contributed by atoms with E-state index in [4.69, 9.17) is 16.3 Å². The van der Waals surface area contributed by atoms with Gasteiger partial charge in [-0.2, -0.15) is 0 Å². The molecule has 0 aromatic rings. The number of alkyl halides is 1. The third-order valence-corrected chi connectivity index (χ3v) is 2.31. The lowest BCUT2D eigenvalue weighted by molar-refractivity contribution is -0.123. The summed E-state index contributed by atoms with van der Waals surface area (Å²) in [6.45, 7) is 8.16. The summed E-state index contributed by atoms with van der Waals surface area (Å²) in [4.78, 5) is 11.6. The van der Waals surface area contributed by atoms with Gasteiger partial charge in [-0.25, -0.2) is 0 Å². The molecule has 0 spiro atoms. The molecule has 2 atom stereocenters. The molecule has 14 heavy (non-hydrogen) atoms. The molecule has 0 fully saturated rings. The van der Waals surface area contributed by atoms with Crippen LogP contribution in [0.5, 0.6) is 0 Å². The predicted octanol–water partition coefficient (Wildman–Crippen LogP) is 1.79. The molecule has 0 saturated carbocycles. The predicted molar refractivity (Wildman–Crippen MR) is 58.6 cm³/mol. The maximum absolute atomic E-state index is 11.6. The van der Waals surface area contributed by atoms with Crippen LogP contribution in [0.4, 0.5) is 0 Å². The van der Waals surface area contributed by atoms with E-state index in [0.717, 1.165) is 0 Å². The molecule has 4 heteroatoms. The molecule has 0 saturated heterocycles. The van der Waals surface area contributed by atoms with Crippen LogP contribution >= 0.6 is 11.6 Å². The topological polar surface area (TPSA) is 38.3 Å². The van der Waals surface area contributed by atoms with Gasteiger partial charge in [0.2, 0.25) is 5.91 Å². The highest BCUT2D eigenvalue weighted by Gasteiger charge is 2.25. The highest BCUT2D eigenvalue weighted by Crippen LogP contribution is 2.12. The molecule has 0 aliphatic rings. The zero-order valence-corrected chi connectivity index (χ0v) is 10.3. The Hall–Kier alpha value is -0.280. The van der Waals surface area contributed by atoms with E-state index in [1.165, 1.54) is 0 Å². The third kappa shape index (κ3) is 5.45. The van der Waals surface area contributed by atoms with Crippen LogP contribution in [0.3, 0.4) is 0 Å². The number of amides is 1. The number of halogens is 1. The first-order valence-corrected chi connectivity index (χ1v) is 5.16. The number of rotatable bonds is 4. The molecule has 0 aromatic heterocycles. The number of carbonyl (C=O) groups is 1. The van der Waals surface area contributed by atoms with Crippen LogP contribution in [0.15, 0.2) is 0 Å². The van der Waals surface area contributed by atoms with Gasteiger partial charge in [0.1, 0.15) is 5.38 Å². The van der Waals surface area contributed by atoms with Crippen LogP contribution in [0.2, 0.25) is 0 Å². The highest BCUT2D eigenvalue weighted by atomic mass is 35.5. The van der Waals surface area contributed by atoms with Gasteiger partial charge in [0, 0.05) is 18.6 Å². The van der Waals surface area contributed by atoms with Crippen molar-refractivity contribution in [3.8, 4) is 0 Å². The average Bonchev–Trinajstić information content (AvgIpc) is 2.00. The van der Waals surface area contributed by atoms with Crippen LogP contribution < -0.4 is 5.32 Å². The SMILES string of the molecule is COCC(C)C(Cl)C(=O)NC(C)(C)C. The maximum Gasteiger partial charge on any atom is 0.238 e. The summed E-state index contributed by atoms with van der Waals surface area (Å²) in [5, 5.41) is 2.30. The summed E-state index contributed by atoms with van der Waals surface area (Å²) in [5.41, 5.74) is -0.239. The second-order valence-corrected chi connectivity index (χ2v) is 5.04. The monoisotopic (exact) mass is 221 g/mol. The molecule has 84 valence electrons. The number of ether oxygens (including phenoxy) is 1. The lowest BCUT2D eigenvalue weighted by atomic mass is 10.1. The lowest BCUT2D eigenvalue weighted by Crippen LogP contribution is -2.46. The molecule has 3 nitrogen and oxygen atoms in total. The number of carbonyl (C=O) groups excluding carboxylic acids is 1. The van der Waals surface area contributed by atoms with Gasteiger partial charge < -0.3 is 10.1 Å². The van der Waals surface area contributed by atoms with E-state index in [1.54, 1.807) is 7.11 Å². The number of hydrogen-bond donors (Lipinski definition) is 1. The number of methoxy groups -OCH3 is 1. The van der Waals surface area contributed by atoms with Crippen molar-refractivity contribution in [2.24, 2.45) is 5.92 Å². The second kappa shape index (κ2) is 5.56. The molecular formula is C10H20ClNO2. The van der Waals surface area contributed by atoms with Gasteiger partial charge in [0.25, 0.3) is 0 Å². The van der Waals surface area contributed by atoms with Gasteiger partial charge in [-0.1, -0.05) is 6.92 Å². The zero-order chi connectivity index (χ0) is 11.4. The highest BCUT2D eigenvalue weighted by molar-refractivity contribution is 6.31. The lowest BCUT2D eigenvalue weighted by Gasteiger charge is -2.24. The molecule has 0 aliphatic carbocycles. The second-order valence-electron chi connectivity index (χ2n) is 4.57. The Morgan fingerprint density at radius 2 is 2.00 bits per heavy atom. The van der Waals surface area contributed by atoms with Crippen molar-refractivity contribution in [1.82, 2.24) is 5.32 Å². The maximum atomic E-state index is 11.6. The summed E-state index contributed by atoms with van der Waals surface area (Å²) in [6, 6.07) is 0. The number of hydrogen-bond acceptors (Lipinski definition) is 2. The van der Waals surface area contributed by atoms with Crippen LogP contribution in [0.1, 0.15) is 27.7 Å². The third-order valence-electron chi connectivity index (χ3n) is 1.68. The summed E-state index contributed by atoms with van der Waals surface area (Å²) in [6.07, 6.45) is 0. The Balaban J connectivity index is 4.12. The van der Waals surface area contributed by atoms with Crippen LogP contribution in [0, 0.1) is 5.92 Å². The fraction of sp³-hybridized carbons (Fsp3) is 0.900. The van der Waals surface area contributed by atoms with Crippen molar-refractivity contribution >= 4 is 17.5 Å². The first kappa shape index (κ1) is 13.7. The Morgan fingerprint density at radius 3 is 2.36 bits per heavy atom. The van der Waals surface area contributed by atoms with E-state index in [-0.39, 0.29) is 17.4 Å². The van der Waals surface area contributed by atoms with E-state index >= 15 is 0 Å². The Kier molecular flexibility index (Phi) is 5.45. The minimum Gasteiger partial charge on any atom is -0.384 e. The van der Waals surface area contributed by atoms with Gasteiger partial charge in [0.05, 0.1) is 6.61 Å². The van der Waals surface area contributed by atoms with Gasteiger partial charge in [-0.15, -0.1) is 11.6 Å². The van der Waals surface area contributed by atoms with Gasteiger partial charge in [0.15, 0.2) is 0 Å². The number of nitrogens with one attached hydrogen (secondary N) is 1. The Bertz CT molecular complexity index is 189. The minimum absolute atomic E-state index is 0.0176. The minimum atomic E-state index is -0.533. The van der Waals surface area contributed by atoms with Crippen LogP contribution in [-0.2, 0) is 9.53 Å². The van der Waals surface area contributed by atoms with Crippen molar-refractivity contribution in [1.29, 1.82) is 0 Å². The molecule has 0 heterocycles. The first-order valence-electron chi connectivity index (χ1n) is 4.73. The molecule has 1 N–H and O–H groups in total. The van der Waals surface area contributed by atoms with Crippen molar-refractivity contribution < 1.29 is 9.53 Å². The van der Waals surface area contributed by atoms with E-state index < -0.39 is 5.38 Å². The van der Waals surface area contributed by atoms with Crippen molar-refractivity contribution in [2.75, 3.05) is 13.7 Å². The first-order chi connectivity index (χ1) is 6.28. The largest absolute Gasteiger partial charge is 0.384 e. The quantitative estimate of drug-likeness (QED) is 0.736. The van der Waals surface area contributed by atoms with Crippen molar-refractivity contribution in [3.63, 3.8) is 0 Å². The molecule has 0 radical (unpaired) electrons. The smallest absolute Gasteiger partial charge is 0.238 e. The Labute approximate surface area is 91.2 Å². The van der Waals surface area contributed by atoms with E-state index in [2.05, 4.69) is 5.32 Å². The molecule has 0 bridgehead atoms. The fourth-order valence-corrected chi connectivity index (χ4v) is 1.17. The van der Waals surface area contributed by atoms with E-state index in [1.807, 2.05) is 27.7 Å². The molecule has 0 rings (SSSR count). The molecule has 2 unspecified atom stereocenters. The van der Waals surface area contributed by atoms with Gasteiger partial charge in [-0.05, 0) is 20.8 Å². The average molecular weight is 222 g/mol. The molecule has 0 aliphatic heterocycles. The zero-order valence-electron chi connectivity index (χ0n) is 9.56. The summed E-state index contributed by atoms with van der Waals surface area (Å²) < 4.78 is 4.94. The van der Waals surface area contributed by atoms with E-state index in [9.17, 15) is 4.79 Å². The van der Waals surface area contributed by atoms with Gasteiger partial charge >= 0.3 is 0 Å². The standard InChI is InChI=1S/C10H20ClNO2/c1-7(6-14-5)8(11)9(13)12-10(2,3)4/h7-8H,6H2,1-5H3,(H,12,13). The Morgan fingerprint density at radius 1 is 1.50 bits per heavy atom. The molecule has 1 amide bonds. The molecular weight excluding hydrogens is 202 g/mol. The fourth-order valence-electron chi connectivity index (χ4n) is 1.04. The van der Waals surface area contributed by atoms with E-state index in [0.29, 0.717) is 6.61 Å². The van der Waals surface area contributed by atoms with Gasteiger partial charge in [-0.3, -0.25) is 4.79 Å². The van der Waals surface area contributed by atoms with Crippen LogP contribution in [-0.4, -0.2) is 30.5 Å². The van der Waals surface area contributed by atoms with Crippen molar-refractivity contribution in [2.45, 2.75) is 38.6 Å². The van der Waals surface area contributed by atoms with Crippen LogP contribution in [0.25, 0.3) is 0 Å². The normalized spacial score (nSPS) is 16.1. The summed E-state index contributed by atoms with van der Waals surface area (Å²) in [7, 11) is 1.60.